The van der Waals surface area contributed by atoms with Gasteiger partial charge in [0.2, 0.25) is 0 Å². The molecule has 2 aromatic rings. The Bertz CT molecular complexity index is 541. The summed E-state index contributed by atoms with van der Waals surface area (Å²) in [5.41, 5.74) is 3.78. The first-order valence-electron chi connectivity index (χ1n) is 8.17. The molecular weight excluding hydrogens is 271 g/mol. The van der Waals surface area contributed by atoms with Crippen molar-refractivity contribution in [1.29, 1.82) is 0 Å². The van der Waals surface area contributed by atoms with Gasteiger partial charge < -0.3 is 0 Å². The number of hydrogen-bond donors (Lipinski definition) is 0. The van der Waals surface area contributed by atoms with E-state index in [2.05, 4.69) is 52.0 Å². The maximum absolute atomic E-state index is 12.8. The quantitative estimate of drug-likeness (QED) is 0.579. The van der Waals surface area contributed by atoms with E-state index in [0.717, 1.165) is 5.56 Å². The molecule has 0 amide bonds. The molecule has 0 saturated heterocycles. The normalized spacial score (nSPS) is 10.8. The molecule has 0 bridgehead atoms. The van der Waals surface area contributed by atoms with Crippen molar-refractivity contribution < 1.29 is 4.39 Å². The average Bonchev–Trinajstić information content (AvgIpc) is 2.48. The fourth-order valence-corrected chi connectivity index (χ4v) is 2.51. The molecule has 0 unspecified atom stereocenters. The zero-order valence-corrected chi connectivity index (χ0v) is 14.7. The Hall–Kier alpha value is -1.63. The molecule has 0 aromatic heterocycles. The summed E-state index contributed by atoms with van der Waals surface area (Å²) < 4.78 is 12.8. The van der Waals surface area contributed by atoms with Crippen molar-refractivity contribution in [3.63, 3.8) is 0 Å². The minimum Gasteiger partial charge on any atom is -0.207 e. The van der Waals surface area contributed by atoms with Crippen LogP contribution in [-0.2, 0) is 0 Å². The second-order valence-corrected chi connectivity index (χ2v) is 6.61. The highest BCUT2D eigenvalue weighted by atomic mass is 19.1. The Morgan fingerprint density at radius 3 is 1.14 bits per heavy atom. The van der Waals surface area contributed by atoms with E-state index in [1.807, 2.05) is 26.0 Å². The minimum absolute atomic E-state index is 0.0995. The van der Waals surface area contributed by atoms with E-state index in [9.17, 15) is 4.39 Å². The van der Waals surface area contributed by atoms with Crippen LogP contribution in [0, 0.1) is 5.82 Å². The van der Waals surface area contributed by atoms with Crippen LogP contribution in [0.5, 0.6) is 0 Å². The highest BCUT2D eigenvalue weighted by molar-refractivity contribution is 5.31. The van der Waals surface area contributed by atoms with Gasteiger partial charge in [-0.25, -0.2) is 4.39 Å². The van der Waals surface area contributed by atoms with Crippen LogP contribution in [0.3, 0.4) is 0 Å². The average molecular weight is 300 g/mol. The summed E-state index contributed by atoms with van der Waals surface area (Å²) in [6, 6.07) is 15.6. The van der Waals surface area contributed by atoms with Gasteiger partial charge in [-0.3, -0.25) is 0 Å². The fraction of sp³-hybridized carbons (Fsp3) is 0.429. The van der Waals surface area contributed by atoms with Crippen LogP contribution in [0.2, 0.25) is 0 Å². The molecule has 0 heterocycles. The minimum atomic E-state index is -0.0995. The van der Waals surface area contributed by atoms with Crippen LogP contribution in [0.15, 0.2) is 48.5 Å². The number of hydrogen-bond acceptors (Lipinski definition) is 0. The van der Waals surface area contributed by atoms with E-state index >= 15 is 0 Å². The Balaban J connectivity index is 0.000000224. The Morgan fingerprint density at radius 1 is 0.545 bits per heavy atom. The van der Waals surface area contributed by atoms with Crippen LogP contribution in [0.1, 0.15) is 76.0 Å². The summed E-state index contributed by atoms with van der Waals surface area (Å²) in [7, 11) is 0. The fourth-order valence-electron chi connectivity index (χ4n) is 2.51. The first kappa shape index (κ1) is 18.4. The molecule has 0 saturated carbocycles. The number of halogens is 1. The van der Waals surface area contributed by atoms with Gasteiger partial charge in [-0.05, 0) is 40.5 Å². The lowest BCUT2D eigenvalue weighted by Crippen LogP contribution is -1.97. The topological polar surface area (TPSA) is 0 Å². The molecule has 2 rings (SSSR count). The molecule has 2 aromatic carbocycles. The molecule has 1 heteroatoms. The third-order valence-electron chi connectivity index (χ3n) is 3.77. The van der Waals surface area contributed by atoms with Gasteiger partial charge in [-0.2, -0.15) is 0 Å². The van der Waals surface area contributed by atoms with Gasteiger partial charge in [-0.15, -0.1) is 0 Å². The third kappa shape index (κ3) is 5.29. The number of rotatable bonds is 3. The van der Waals surface area contributed by atoms with E-state index in [4.69, 9.17) is 0 Å². The van der Waals surface area contributed by atoms with Crippen LogP contribution >= 0.6 is 0 Å². The lowest BCUT2D eigenvalue weighted by atomic mass is 9.91. The first-order valence-corrected chi connectivity index (χ1v) is 8.17. The summed E-state index contributed by atoms with van der Waals surface area (Å²) in [6.07, 6.45) is 0. The lowest BCUT2D eigenvalue weighted by Gasteiger charge is -2.14. The Kier molecular flexibility index (Phi) is 7.31. The van der Waals surface area contributed by atoms with Gasteiger partial charge >= 0.3 is 0 Å². The molecule has 0 spiro atoms. The van der Waals surface area contributed by atoms with E-state index in [1.54, 1.807) is 6.07 Å². The SMILES string of the molecule is CC(C)c1ccccc1C(C)C.CC(C)c1ccccc1F. The van der Waals surface area contributed by atoms with E-state index in [1.165, 1.54) is 17.2 Å². The predicted molar refractivity (Wildman–Crippen MR) is 95.1 cm³/mol. The highest BCUT2D eigenvalue weighted by Gasteiger charge is 2.07. The zero-order valence-electron chi connectivity index (χ0n) is 14.7. The molecular formula is C21H29F. The van der Waals surface area contributed by atoms with Gasteiger partial charge in [0.15, 0.2) is 0 Å². The molecule has 0 radical (unpaired) electrons. The summed E-state index contributed by atoms with van der Waals surface area (Å²) in [5.74, 6) is 1.46. The van der Waals surface area contributed by atoms with Crippen molar-refractivity contribution in [2.24, 2.45) is 0 Å². The smallest absolute Gasteiger partial charge is 0.126 e. The molecule has 0 aliphatic heterocycles. The van der Waals surface area contributed by atoms with Crippen LogP contribution in [-0.4, -0.2) is 0 Å². The largest absolute Gasteiger partial charge is 0.207 e. The van der Waals surface area contributed by atoms with Gasteiger partial charge in [0.1, 0.15) is 5.82 Å². The van der Waals surface area contributed by atoms with Gasteiger partial charge in [0.25, 0.3) is 0 Å². The number of benzene rings is 2. The van der Waals surface area contributed by atoms with Crippen LogP contribution in [0.4, 0.5) is 4.39 Å². The monoisotopic (exact) mass is 300 g/mol. The lowest BCUT2D eigenvalue weighted by molar-refractivity contribution is 0.598. The van der Waals surface area contributed by atoms with Gasteiger partial charge in [0, 0.05) is 0 Å². The molecule has 120 valence electrons. The molecule has 0 aliphatic carbocycles. The third-order valence-corrected chi connectivity index (χ3v) is 3.77. The highest BCUT2D eigenvalue weighted by Crippen LogP contribution is 2.25. The Morgan fingerprint density at radius 2 is 0.864 bits per heavy atom. The van der Waals surface area contributed by atoms with Gasteiger partial charge in [0.05, 0.1) is 0 Å². The summed E-state index contributed by atoms with van der Waals surface area (Å²) in [6.45, 7) is 13.0. The maximum Gasteiger partial charge on any atom is 0.126 e. The van der Waals surface area contributed by atoms with Gasteiger partial charge in [-0.1, -0.05) is 84.0 Å². The molecule has 22 heavy (non-hydrogen) atoms. The van der Waals surface area contributed by atoms with Crippen molar-refractivity contribution in [2.45, 2.75) is 59.3 Å². The van der Waals surface area contributed by atoms with Crippen molar-refractivity contribution in [3.8, 4) is 0 Å². The second kappa shape index (κ2) is 8.73. The van der Waals surface area contributed by atoms with Crippen LogP contribution < -0.4 is 0 Å². The summed E-state index contributed by atoms with van der Waals surface area (Å²) in [5, 5.41) is 0. The molecule has 0 nitrogen and oxygen atoms in total. The van der Waals surface area contributed by atoms with E-state index in [-0.39, 0.29) is 11.7 Å². The standard InChI is InChI=1S/C12H18.C9H11F/c1-9(2)11-7-5-6-8-12(11)10(3)4;1-7(2)8-5-3-4-6-9(8)10/h5-10H,1-4H3;3-7H,1-2H3. The van der Waals surface area contributed by atoms with Crippen molar-refractivity contribution in [2.75, 3.05) is 0 Å². The van der Waals surface area contributed by atoms with Crippen molar-refractivity contribution in [3.05, 3.63) is 71.0 Å². The molecule has 0 atom stereocenters. The van der Waals surface area contributed by atoms with Crippen molar-refractivity contribution >= 4 is 0 Å². The first-order chi connectivity index (χ1) is 10.3. The molecule has 0 N–H and O–H groups in total. The van der Waals surface area contributed by atoms with E-state index in [0.29, 0.717) is 11.8 Å². The van der Waals surface area contributed by atoms with Crippen molar-refractivity contribution in [1.82, 2.24) is 0 Å². The molecule has 0 aliphatic rings. The summed E-state index contributed by atoms with van der Waals surface area (Å²) in [4.78, 5) is 0. The maximum atomic E-state index is 12.8. The Labute approximate surface area is 135 Å². The zero-order chi connectivity index (χ0) is 16.7. The van der Waals surface area contributed by atoms with E-state index < -0.39 is 0 Å². The molecule has 0 fully saturated rings. The second-order valence-electron chi connectivity index (χ2n) is 6.61. The summed E-state index contributed by atoms with van der Waals surface area (Å²) >= 11 is 0. The predicted octanol–water partition coefficient (Wildman–Crippen LogP) is 6.88. The van der Waals surface area contributed by atoms with Crippen LogP contribution in [0.25, 0.3) is 0 Å².